The molecule has 0 atom stereocenters. The lowest BCUT2D eigenvalue weighted by atomic mass is 10.0. The lowest BCUT2D eigenvalue weighted by Crippen LogP contribution is -2.16. The zero-order valence-electron chi connectivity index (χ0n) is 20.9. The highest BCUT2D eigenvalue weighted by atomic mass is 19.1. The van der Waals surface area contributed by atoms with Crippen LogP contribution < -0.4 is 5.32 Å². The molecule has 0 saturated heterocycles. The third-order valence-electron chi connectivity index (χ3n) is 5.80. The molecule has 3 aromatic carbocycles. The van der Waals surface area contributed by atoms with Gasteiger partial charge in [0.1, 0.15) is 23.0 Å². The average molecular weight is 521 g/mol. The molecule has 1 N–H and O–H groups in total. The number of halogens is 2. The fraction of sp³-hybridized carbons (Fsp3) is 0.207. The predicted molar refractivity (Wildman–Crippen MR) is 137 cm³/mol. The van der Waals surface area contributed by atoms with Gasteiger partial charge in [-0.05, 0) is 42.2 Å². The molecule has 0 unspecified atom stereocenters. The van der Waals surface area contributed by atoms with Gasteiger partial charge in [-0.25, -0.2) is 13.6 Å². The number of anilines is 1. The van der Waals surface area contributed by atoms with Gasteiger partial charge >= 0.3 is 12.1 Å². The van der Waals surface area contributed by atoms with Crippen molar-refractivity contribution in [1.82, 2.24) is 5.16 Å². The molecule has 0 aliphatic carbocycles. The van der Waals surface area contributed by atoms with Crippen molar-refractivity contribution in [1.29, 1.82) is 0 Å². The third kappa shape index (κ3) is 6.61. The van der Waals surface area contributed by atoms with E-state index in [1.54, 1.807) is 13.8 Å². The first kappa shape index (κ1) is 26.5. The molecule has 0 aliphatic rings. The molecule has 0 spiro atoms. The smallest absolute Gasteiger partial charge is 0.411 e. The van der Waals surface area contributed by atoms with E-state index in [9.17, 15) is 18.4 Å². The minimum Gasteiger partial charge on any atom is -0.466 e. The zero-order chi connectivity index (χ0) is 27.1. The van der Waals surface area contributed by atoms with Crippen LogP contribution in [0, 0.1) is 18.6 Å². The van der Waals surface area contributed by atoms with Gasteiger partial charge < -0.3 is 14.0 Å². The quantitative estimate of drug-likeness (QED) is 0.254. The number of esters is 1. The highest BCUT2D eigenvalue weighted by molar-refractivity contribution is 5.91. The number of benzene rings is 3. The lowest BCUT2D eigenvalue weighted by molar-refractivity contribution is -0.142. The van der Waals surface area contributed by atoms with Crippen LogP contribution >= 0.6 is 0 Å². The summed E-state index contributed by atoms with van der Waals surface area (Å²) in [6.45, 7) is 3.71. The van der Waals surface area contributed by atoms with E-state index < -0.39 is 17.7 Å². The Morgan fingerprint density at radius 2 is 1.58 bits per heavy atom. The summed E-state index contributed by atoms with van der Waals surface area (Å²) in [7, 11) is 0. The fourth-order valence-electron chi connectivity index (χ4n) is 3.84. The van der Waals surface area contributed by atoms with Gasteiger partial charge in [0.2, 0.25) is 0 Å². The van der Waals surface area contributed by atoms with Crippen LogP contribution in [0.15, 0.2) is 71.3 Å². The molecule has 0 saturated carbocycles. The van der Waals surface area contributed by atoms with Crippen LogP contribution in [0.1, 0.15) is 23.7 Å². The number of aryl methyl sites for hydroxylation is 1. The molecule has 7 nitrogen and oxygen atoms in total. The van der Waals surface area contributed by atoms with Gasteiger partial charge in [-0.1, -0.05) is 59.8 Å². The molecule has 0 aliphatic heterocycles. The van der Waals surface area contributed by atoms with Crippen LogP contribution in [0.4, 0.5) is 19.3 Å². The third-order valence-corrected chi connectivity index (χ3v) is 5.80. The number of nitrogens with zero attached hydrogens (tertiary/aromatic N) is 1. The molecule has 0 bridgehead atoms. The SMILES string of the molecule is CCOC(=O)Cc1ccc(-c2ccc(-c3onc(C)c3NC(=O)OCCc3ccc(F)cc3F)cc2)cc1. The number of amides is 1. The standard InChI is InChI=1S/C29H26F2N2O5/c1-3-36-26(34)16-19-4-6-20(7-5-19)21-8-10-23(11-9-21)28-27(18(2)33-38-28)32-29(35)37-15-14-22-12-13-24(30)17-25(22)31/h4-13,17H,3,14-16H2,1-2H3,(H,32,35). The van der Waals surface area contributed by atoms with Crippen molar-refractivity contribution in [3.8, 4) is 22.5 Å². The first-order valence-electron chi connectivity index (χ1n) is 12.0. The van der Waals surface area contributed by atoms with E-state index >= 15 is 0 Å². The van der Waals surface area contributed by atoms with Crippen molar-refractivity contribution >= 4 is 17.7 Å². The van der Waals surface area contributed by atoms with Crippen LogP contribution in [-0.4, -0.2) is 30.4 Å². The number of hydrogen-bond acceptors (Lipinski definition) is 6. The van der Waals surface area contributed by atoms with Crippen molar-refractivity contribution in [3.05, 3.63) is 95.2 Å². The monoisotopic (exact) mass is 520 g/mol. The maximum atomic E-state index is 13.8. The van der Waals surface area contributed by atoms with Gasteiger partial charge in [0.05, 0.1) is 19.6 Å². The maximum absolute atomic E-state index is 13.8. The molecule has 9 heteroatoms. The predicted octanol–water partition coefficient (Wildman–Crippen LogP) is 6.49. The number of nitrogens with one attached hydrogen (secondary N) is 1. The first-order chi connectivity index (χ1) is 18.3. The zero-order valence-corrected chi connectivity index (χ0v) is 20.9. The molecular weight excluding hydrogens is 494 g/mol. The minimum absolute atomic E-state index is 0.0959. The fourth-order valence-corrected chi connectivity index (χ4v) is 3.84. The van der Waals surface area contributed by atoms with Gasteiger partial charge in [0.25, 0.3) is 0 Å². The summed E-state index contributed by atoms with van der Waals surface area (Å²) in [5.41, 5.74) is 4.55. The highest BCUT2D eigenvalue weighted by Gasteiger charge is 2.18. The number of ether oxygens (including phenoxy) is 2. The Hall–Kier alpha value is -4.53. The second-order valence-electron chi connectivity index (χ2n) is 8.47. The molecule has 4 rings (SSSR count). The Morgan fingerprint density at radius 3 is 2.24 bits per heavy atom. The summed E-state index contributed by atoms with van der Waals surface area (Å²) in [6, 6.07) is 18.4. The average Bonchev–Trinajstić information content (AvgIpc) is 3.25. The number of rotatable bonds is 9. The molecule has 38 heavy (non-hydrogen) atoms. The Labute approximate surface area is 218 Å². The molecular formula is C29H26F2N2O5. The van der Waals surface area contributed by atoms with Crippen molar-refractivity contribution in [2.45, 2.75) is 26.7 Å². The Balaban J connectivity index is 1.38. The van der Waals surface area contributed by atoms with E-state index in [-0.39, 0.29) is 31.0 Å². The van der Waals surface area contributed by atoms with Crippen LogP contribution in [0.2, 0.25) is 0 Å². The van der Waals surface area contributed by atoms with Crippen molar-refractivity contribution < 1.29 is 32.4 Å². The number of aromatic nitrogens is 1. The number of carbonyl (C=O) groups is 2. The first-order valence-corrected chi connectivity index (χ1v) is 12.0. The van der Waals surface area contributed by atoms with Crippen LogP contribution in [0.5, 0.6) is 0 Å². The molecule has 196 valence electrons. The molecule has 1 aromatic heterocycles. The number of carbonyl (C=O) groups excluding carboxylic acids is 2. The van der Waals surface area contributed by atoms with E-state index in [2.05, 4.69) is 10.5 Å². The van der Waals surface area contributed by atoms with E-state index in [1.165, 1.54) is 6.07 Å². The second kappa shape index (κ2) is 12.1. The molecule has 1 amide bonds. The summed E-state index contributed by atoms with van der Waals surface area (Å²) in [5.74, 6) is -1.26. The van der Waals surface area contributed by atoms with Gasteiger partial charge in [0.15, 0.2) is 5.76 Å². The van der Waals surface area contributed by atoms with Crippen LogP contribution in [0.25, 0.3) is 22.5 Å². The Morgan fingerprint density at radius 1 is 0.921 bits per heavy atom. The van der Waals surface area contributed by atoms with E-state index in [0.717, 1.165) is 28.8 Å². The van der Waals surface area contributed by atoms with Crippen molar-refractivity contribution in [2.24, 2.45) is 0 Å². The summed E-state index contributed by atoms with van der Waals surface area (Å²) in [5, 5.41) is 6.59. The summed E-state index contributed by atoms with van der Waals surface area (Å²) < 4.78 is 42.4. The van der Waals surface area contributed by atoms with E-state index in [0.29, 0.717) is 29.3 Å². The van der Waals surface area contributed by atoms with Gasteiger partial charge in [-0.3, -0.25) is 10.1 Å². The van der Waals surface area contributed by atoms with Gasteiger partial charge in [-0.15, -0.1) is 0 Å². The van der Waals surface area contributed by atoms with Crippen molar-refractivity contribution in [2.75, 3.05) is 18.5 Å². The summed E-state index contributed by atoms with van der Waals surface area (Å²) in [6.07, 6.45) is -0.431. The van der Waals surface area contributed by atoms with Crippen LogP contribution in [0.3, 0.4) is 0 Å². The van der Waals surface area contributed by atoms with Gasteiger partial charge in [0, 0.05) is 18.1 Å². The molecule has 1 heterocycles. The van der Waals surface area contributed by atoms with E-state index in [4.69, 9.17) is 14.0 Å². The lowest BCUT2D eigenvalue weighted by Gasteiger charge is -2.09. The number of hydrogen-bond donors (Lipinski definition) is 1. The summed E-state index contributed by atoms with van der Waals surface area (Å²) in [4.78, 5) is 24.0. The van der Waals surface area contributed by atoms with Crippen molar-refractivity contribution in [3.63, 3.8) is 0 Å². The Kier molecular flexibility index (Phi) is 8.47. The Bertz CT molecular complexity index is 1420. The topological polar surface area (TPSA) is 90.7 Å². The minimum atomic E-state index is -0.750. The molecule has 0 radical (unpaired) electrons. The largest absolute Gasteiger partial charge is 0.466 e. The van der Waals surface area contributed by atoms with Crippen LogP contribution in [-0.2, 0) is 27.1 Å². The normalized spacial score (nSPS) is 10.7. The van der Waals surface area contributed by atoms with E-state index in [1.807, 2.05) is 48.5 Å². The molecule has 4 aromatic rings. The second-order valence-corrected chi connectivity index (χ2v) is 8.47. The van der Waals surface area contributed by atoms with Gasteiger partial charge in [-0.2, -0.15) is 0 Å². The highest BCUT2D eigenvalue weighted by Crippen LogP contribution is 2.32. The maximum Gasteiger partial charge on any atom is 0.411 e. The molecule has 0 fully saturated rings. The summed E-state index contributed by atoms with van der Waals surface area (Å²) >= 11 is 0.